The van der Waals surface area contributed by atoms with Gasteiger partial charge < -0.3 is 10.1 Å². The molecule has 1 heterocycles. The molecule has 4 heteroatoms. The Hall–Kier alpha value is -0.610. The predicted octanol–water partition coefficient (Wildman–Crippen LogP) is -0.547. The van der Waals surface area contributed by atoms with Gasteiger partial charge in [-0.3, -0.25) is 9.69 Å². The summed E-state index contributed by atoms with van der Waals surface area (Å²) in [6.45, 7) is 5.36. The van der Waals surface area contributed by atoms with E-state index in [1.165, 1.54) is 7.11 Å². The van der Waals surface area contributed by atoms with E-state index in [1.54, 1.807) is 0 Å². The Morgan fingerprint density at radius 1 is 1.67 bits per heavy atom. The zero-order valence-electron chi connectivity index (χ0n) is 7.67. The Kier molecular flexibility index (Phi) is 3.49. The second-order valence-electron chi connectivity index (χ2n) is 2.95. The van der Waals surface area contributed by atoms with E-state index < -0.39 is 0 Å². The van der Waals surface area contributed by atoms with Crippen LogP contribution in [0.15, 0.2) is 0 Å². The largest absolute Gasteiger partial charge is 0.468 e. The molecule has 1 saturated heterocycles. The lowest BCUT2D eigenvalue weighted by Crippen LogP contribution is -2.58. The number of carbonyl (C=O) groups is 1. The number of nitrogens with zero attached hydrogens (tertiary/aromatic N) is 1. The van der Waals surface area contributed by atoms with Crippen LogP contribution in [0.25, 0.3) is 0 Å². The molecule has 0 radical (unpaired) electrons. The third kappa shape index (κ3) is 2.19. The topological polar surface area (TPSA) is 41.6 Å². The van der Waals surface area contributed by atoms with E-state index >= 15 is 0 Å². The average Bonchev–Trinajstić information content (AvgIpc) is 1.99. The van der Waals surface area contributed by atoms with Gasteiger partial charge in [0, 0.05) is 19.1 Å². The molecule has 1 fully saturated rings. The standard InChI is InChI=1S/C8H16N2O2/c1-3-10(6-8(11)12-2)7-4-9-5-7/h7,9H,3-6H2,1-2H3. The van der Waals surface area contributed by atoms with Gasteiger partial charge in [0.1, 0.15) is 0 Å². The summed E-state index contributed by atoms with van der Waals surface area (Å²) < 4.78 is 4.60. The predicted molar refractivity (Wildman–Crippen MR) is 45.9 cm³/mol. The molecule has 1 aliphatic heterocycles. The van der Waals surface area contributed by atoms with E-state index in [-0.39, 0.29) is 5.97 Å². The highest BCUT2D eigenvalue weighted by Gasteiger charge is 2.24. The molecule has 1 aliphatic rings. The van der Waals surface area contributed by atoms with Crippen molar-refractivity contribution in [1.82, 2.24) is 10.2 Å². The average molecular weight is 172 g/mol. The summed E-state index contributed by atoms with van der Waals surface area (Å²) in [6, 6.07) is 0.522. The van der Waals surface area contributed by atoms with E-state index in [9.17, 15) is 4.79 Å². The summed E-state index contributed by atoms with van der Waals surface area (Å²) in [4.78, 5) is 13.1. The zero-order chi connectivity index (χ0) is 8.97. The molecular weight excluding hydrogens is 156 g/mol. The van der Waals surface area contributed by atoms with Crippen LogP contribution in [0.1, 0.15) is 6.92 Å². The van der Waals surface area contributed by atoms with Crippen molar-refractivity contribution in [2.45, 2.75) is 13.0 Å². The van der Waals surface area contributed by atoms with Crippen molar-refractivity contribution >= 4 is 5.97 Å². The van der Waals surface area contributed by atoms with Gasteiger partial charge in [0.2, 0.25) is 0 Å². The van der Waals surface area contributed by atoms with Crippen LogP contribution < -0.4 is 5.32 Å². The molecule has 1 rings (SSSR count). The van der Waals surface area contributed by atoms with Gasteiger partial charge in [-0.25, -0.2) is 0 Å². The molecule has 70 valence electrons. The van der Waals surface area contributed by atoms with Gasteiger partial charge in [-0.05, 0) is 6.54 Å². The van der Waals surface area contributed by atoms with Crippen molar-refractivity contribution in [3.63, 3.8) is 0 Å². The molecule has 0 aliphatic carbocycles. The van der Waals surface area contributed by atoms with Crippen LogP contribution in [0.3, 0.4) is 0 Å². The van der Waals surface area contributed by atoms with Gasteiger partial charge in [0.15, 0.2) is 0 Å². The molecular formula is C8H16N2O2. The fourth-order valence-corrected chi connectivity index (χ4v) is 1.26. The van der Waals surface area contributed by atoms with Gasteiger partial charge in [0.25, 0.3) is 0 Å². The summed E-state index contributed by atoms with van der Waals surface area (Å²) in [5, 5.41) is 3.17. The number of rotatable bonds is 4. The third-order valence-corrected chi connectivity index (χ3v) is 2.24. The first-order chi connectivity index (χ1) is 5.77. The molecule has 0 spiro atoms. The number of esters is 1. The summed E-state index contributed by atoms with van der Waals surface area (Å²) in [6.07, 6.45) is 0. The summed E-state index contributed by atoms with van der Waals surface area (Å²) in [7, 11) is 1.43. The van der Waals surface area contributed by atoms with Gasteiger partial charge in [-0.1, -0.05) is 6.92 Å². The third-order valence-electron chi connectivity index (χ3n) is 2.24. The van der Waals surface area contributed by atoms with Crippen molar-refractivity contribution in [2.24, 2.45) is 0 Å². The maximum atomic E-state index is 10.9. The number of hydrogen-bond acceptors (Lipinski definition) is 4. The van der Waals surface area contributed by atoms with E-state index in [0.717, 1.165) is 19.6 Å². The maximum absolute atomic E-state index is 10.9. The molecule has 12 heavy (non-hydrogen) atoms. The van der Waals surface area contributed by atoms with Gasteiger partial charge >= 0.3 is 5.97 Å². The van der Waals surface area contributed by atoms with Crippen molar-refractivity contribution < 1.29 is 9.53 Å². The lowest BCUT2D eigenvalue weighted by Gasteiger charge is -2.36. The van der Waals surface area contributed by atoms with E-state index in [1.807, 2.05) is 0 Å². The lowest BCUT2D eigenvalue weighted by molar-refractivity contribution is -0.142. The molecule has 4 nitrogen and oxygen atoms in total. The lowest BCUT2D eigenvalue weighted by atomic mass is 10.1. The highest BCUT2D eigenvalue weighted by molar-refractivity contribution is 5.71. The minimum Gasteiger partial charge on any atom is -0.468 e. The van der Waals surface area contributed by atoms with Crippen LogP contribution in [0.4, 0.5) is 0 Å². The van der Waals surface area contributed by atoms with Gasteiger partial charge in [0.05, 0.1) is 13.7 Å². The number of methoxy groups -OCH3 is 1. The number of carbonyl (C=O) groups excluding carboxylic acids is 1. The first-order valence-electron chi connectivity index (χ1n) is 4.29. The minimum atomic E-state index is -0.149. The number of nitrogens with one attached hydrogen (secondary N) is 1. The van der Waals surface area contributed by atoms with E-state index in [2.05, 4.69) is 21.9 Å². The Morgan fingerprint density at radius 2 is 2.33 bits per heavy atom. The van der Waals surface area contributed by atoms with Crippen LogP contribution in [0.5, 0.6) is 0 Å². The molecule has 0 aromatic rings. The Labute approximate surface area is 72.9 Å². The highest BCUT2D eigenvalue weighted by atomic mass is 16.5. The monoisotopic (exact) mass is 172 g/mol. The van der Waals surface area contributed by atoms with Crippen LogP contribution in [0, 0.1) is 0 Å². The van der Waals surface area contributed by atoms with E-state index in [0.29, 0.717) is 12.6 Å². The SMILES string of the molecule is CCN(CC(=O)OC)C1CNC1. The minimum absolute atomic E-state index is 0.149. The second kappa shape index (κ2) is 4.42. The number of hydrogen-bond donors (Lipinski definition) is 1. The molecule has 0 amide bonds. The quantitative estimate of drug-likeness (QED) is 0.578. The Morgan fingerprint density at radius 3 is 2.67 bits per heavy atom. The van der Waals surface area contributed by atoms with Crippen LogP contribution >= 0.6 is 0 Å². The Bertz CT molecular complexity index is 157. The van der Waals surface area contributed by atoms with Gasteiger partial charge in [-0.2, -0.15) is 0 Å². The fraction of sp³-hybridized carbons (Fsp3) is 0.875. The summed E-state index contributed by atoms with van der Waals surface area (Å²) in [5.74, 6) is -0.149. The summed E-state index contributed by atoms with van der Waals surface area (Å²) >= 11 is 0. The molecule has 0 aromatic carbocycles. The number of ether oxygens (including phenoxy) is 1. The molecule has 0 unspecified atom stereocenters. The highest BCUT2D eigenvalue weighted by Crippen LogP contribution is 2.03. The first kappa shape index (κ1) is 9.48. The molecule has 0 saturated carbocycles. The van der Waals surface area contributed by atoms with Crippen molar-refractivity contribution in [3.05, 3.63) is 0 Å². The van der Waals surface area contributed by atoms with Crippen molar-refractivity contribution in [3.8, 4) is 0 Å². The zero-order valence-corrected chi connectivity index (χ0v) is 7.67. The van der Waals surface area contributed by atoms with E-state index in [4.69, 9.17) is 0 Å². The number of likely N-dealkylation sites (N-methyl/N-ethyl adjacent to an activating group) is 1. The summed E-state index contributed by atoms with van der Waals surface area (Å²) in [5.41, 5.74) is 0. The van der Waals surface area contributed by atoms with Crippen LogP contribution in [-0.2, 0) is 9.53 Å². The fourth-order valence-electron chi connectivity index (χ4n) is 1.26. The van der Waals surface area contributed by atoms with Gasteiger partial charge in [-0.15, -0.1) is 0 Å². The van der Waals surface area contributed by atoms with Crippen LogP contribution in [0.2, 0.25) is 0 Å². The van der Waals surface area contributed by atoms with Crippen molar-refractivity contribution in [2.75, 3.05) is 33.3 Å². The maximum Gasteiger partial charge on any atom is 0.319 e. The molecule has 0 atom stereocenters. The van der Waals surface area contributed by atoms with Crippen molar-refractivity contribution in [1.29, 1.82) is 0 Å². The normalized spacial score (nSPS) is 17.6. The second-order valence-corrected chi connectivity index (χ2v) is 2.95. The molecule has 0 aromatic heterocycles. The Balaban J connectivity index is 2.29. The molecule has 1 N–H and O–H groups in total. The van der Waals surface area contributed by atoms with Crippen LogP contribution in [-0.4, -0.2) is 50.2 Å². The molecule has 0 bridgehead atoms. The smallest absolute Gasteiger partial charge is 0.319 e. The first-order valence-corrected chi connectivity index (χ1v) is 4.29.